The largest absolute Gasteiger partial charge is 0.355 e. The standard InChI is InChI=1S/C15H16N2O2S/c1-2-16-13(18)10-17-15(19)14-12(8-9-20-14)11-6-4-3-5-7-11/h3-9H,2,10H2,1H3,(H,16,18)(H,17,19). The van der Waals surface area contributed by atoms with Crippen LogP contribution in [0.5, 0.6) is 0 Å². The molecule has 0 unspecified atom stereocenters. The average Bonchev–Trinajstić information content (AvgIpc) is 2.95. The Balaban J connectivity index is 2.08. The summed E-state index contributed by atoms with van der Waals surface area (Å²) in [6.45, 7) is 2.40. The zero-order valence-electron chi connectivity index (χ0n) is 11.2. The highest BCUT2D eigenvalue weighted by Gasteiger charge is 2.14. The smallest absolute Gasteiger partial charge is 0.262 e. The number of carbonyl (C=O) groups excluding carboxylic acids is 2. The maximum absolute atomic E-state index is 12.1. The third-order valence-corrected chi connectivity index (χ3v) is 3.65. The molecular formula is C15H16N2O2S. The van der Waals surface area contributed by atoms with E-state index in [2.05, 4.69) is 10.6 Å². The van der Waals surface area contributed by atoms with E-state index in [9.17, 15) is 9.59 Å². The second-order valence-corrected chi connectivity index (χ2v) is 5.08. The lowest BCUT2D eigenvalue weighted by Gasteiger charge is -2.06. The monoisotopic (exact) mass is 288 g/mol. The highest BCUT2D eigenvalue weighted by molar-refractivity contribution is 7.12. The highest BCUT2D eigenvalue weighted by Crippen LogP contribution is 2.27. The molecule has 0 spiro atoms. The van der Waals surface area contributed by atoms with Crippen LogP contribution in [-0.4, -0.2) is 24.9 Å². The zero-order valence-corrected chi connectivity index (χ0v) is 12.0. The van der Waals surface area contributed by atoms with Crippen molar-refractivity contribution in [3.63, 3.8) is 0 Å². The van der Waals surface area contributed by atoms with Gasteiger partial charge in [-0.05, 0) is 23.9 Å². The molecule has 5 heteroatoms. The van der Waals surface area contributed by atoms with Gasteiger partial charge in [-0.1, -0.05) is 30.3 Å². The lowest BCUT2D eigenvalue weighted by Crippen LogP contribution is -2.36. The molecule has 0 saturated carbocycles. The Labute approximate surface area is 121 Å². The first kappa shape index (κ1) is 14.3. The van der Waals surface area contributed by atoms with E-state index in [1.165, 1.54) is 11.3 Å². The van der Waals surface area contributed by atoms with Gasteiger partial charge in [0.15, 0.2) is 0 Å². The van der Waals surface area contributed by atoms with Gasteiger partial charge in [-0.2, -0.15) is 0 Å². The van der Waals surface area contributed by atoms with Crippen molar-refractivity contribution in [2.45, 2.75) is 6.92 Å². The van der Waals surface area contributed by atoms with Crippen molar-refractivity contribution in [3.05, 3.63) is 46.7 Å². The molecule has 4 nitrogen and oxygen atoms in total. The van der Waals surface area contributed by atoms with Crippen LogP contribution in [-0.2, 0) is 4.79 Å². The molecule has 20 heavy (non-hydrogen) atoms. The predicted molar refractivity (Wildman–Crippen MR) is 80.8 cm³/mol. The molecule has 104 valence electrons. The molecular weight excluding hydrogens is 272 g/mol. The molecule has 2 rings (SSSR count). The quantitative estimate of drug-likeness (QED) is 0.887. The van der Waals surface area contributed by atoms with Crippen molar-refractivity contribution in [3.8, 4) is 11.1 Å². The molecule has 2 aromatic rings. The second-order valence-electron chi connectivity index (χ2n) is 4.17. The number of nitrogens with one attached hydrogen (secondary N) is 2. The van der Waals surface area contributed by atoms with E-state index >= 15 is 0 Å². The molecule has 0 saturated heterocycles. The Kier molecular flexibility index (Phi) is 4.90. The number of amides is 2. The third kappa shape index (κ3) is 3.45. The topological polar surface area (TPSA) is 58.2 Å². The van der Waals surface area contributed by atoms with Crippen molar-refractivity contribution in [2.75, 3.05) is 13.1 Å². The van der Waals surface area contributed by atoms with Crippen molar-refractivity contribution in [2.24, 2.45) is 0 Å². The maximum atomic E-state index is 12.1. The van der Waals surface area contributed by atoms with Gasteiger partial charge in [0.05, 0.1) is 11.4 Å². The number of likely N-dealkylation sites (N-methyl/N-ethyl adjacent to an activating group) is 1. The van der Waals surface area contributed by atoms with Crippen molar-refractivity contribution < 1.29 is 9.59 Å². The first-order chi connectivity index (χ1) is 9.72. The Morgan fingerprint density at radius 3 is 2.55 bits per heavy atom. The van der Waals surface area contributed by atoms with E-state index in [1.807, 2.05) is 48.7 Å². The molecule has 1 heterocycles. The Morgan fingerprint density at radius 2 is 1.85 bits per heavy atom. The number of carbonyl (C=O) groups is 2. The fourth-order valence-corrected chi connectivity index (χ4v) is 2.66. The van der Waals surface area contributed by atoms with Crippen LogP contribution in [0, 0.1) is 0 Å². The van der Waals surface area contributed by atoms with E-state index < -0.39 is 0 Å². The maximum Gasteiger partial charge on any atom is 0.262 e. The van der Waals surface area contributed by atoms with E-state index in [0.29, 0.717) is 11.4 Å². The zero-order chi connectivity index (χ0) is 14.4. The average molecular weight is 288 g/mol. The Morgan fingerprint density at radius 1 is 1.10 bits per heavy atom. The summed E-state index contributed by atoms with van der Waals surface area (Å²) in [5.74, 6) is -0.399. The minimum Gasteiger partial charge on any atom is -0.355 e. The molecule has 1 aromatic carbocycles. The van der Waals surface area contributed by atoms with Crippen LogP contribution >= 0.6 is 11.3 Å². The fourth-order valence-electron chi connectivity index (χ4n) is 1.83. The van der Waals surface area contributed by atoms with E-state index in [4.69, 9.17) is 0 Å². The summed E-state index contributed by atoms with van der Waals surface area (Å²) in [6.07, 6.45) is 0. The van der Waals surface area contributed by atoms with Gasteiger partial charge in [-0.3, -0.25) is 9.59 Å². The summed E-state index contributed by atoms with van der Waals surface area (Å²) in [7, 11) is 0. The van der Waals surface area contributed by atoms with Crippen LogP contribution in [0.2, 0.25) is 0 Å². The number of benzene rings is 1. The molecule has 0 aliphatic heterocycles. The molecule has 0 aliphatic carbocycles. The second kappa shape index (κ2) is 6.86. The van der Waals surface area contributed by atoms with Crippen LogP contribution in [0.25, 0.3) is 11.1 Å². The third-order valence-electron chi connectivity index (χ3n) is 2.74. The molecule has 0 fully saturated rings. The van der Waals surface area contributed by atoms with Gasteiger partial charge in [0, 0.05) is 12.1 Å². The van der Waals surface area contributed by atoms with E-state index in [1.54, 1.807) is 0 Å². The number of rotatable bonds is 5. The van der Waals surface area contributed by atoms with Crippen molar-refractivity contribution in [1.29, 1.82) is 0 Å². The first-order valence-electron chi connectivity index (χ1n) is 6.40. The molecule has 1 aromatic heterocycles. The van der Waals surface area contributed by atoms with Crippen LogP contribution in [0.3, 0.4) is 0 Å². The van der Waals surface area contributed by atoms with Crippen LogP contribution in [0.1, 0.15) is 16.6 Å². The minimum absolute atomic E-state index is 0.00119. The van der Waals surface area contributed by atoms with Gasteiger partial charge in [-0.15, -0.1) is 11.3 Å². The summed E-state index contributed by atoms with van der Waals surface area (Å²) >= 11 is 1.37. The van der Waals surface area contributed by atoms with Crippen LogP contribution < -0.4 is 10.6 Å². The molecule has 2 N–H and O–H groups in total. The number of hydrogen-bond acceptors (Lipinski definition) is 3. The Bertz CT molecular complexity index is 593. The van der Waals surface area contributed by atoms with Gasteiger partial charge in [-0.25, -0.2) is 0 Å². The van der Waals surface area contributed by atoms with E-state index in [0.717, 1.165) is 11.1 Å². The summed E-state index contributed by atoms with van der Waals surface area (Å²) in [5, 5.41) is 7.16. The van der Waals surface area contributed by atoms with Crippen molar-refractivity contribution in [1.82, 2.24) is 10.6 Å². The molecule has 0 aliphatic rings. The highest BCUT2D eigenvalue weighted by atomic mass is 32.1. The predicted octanol–water partition coefficient (Wildman–Crippen LogP) is 2.28. The van der Waals surface area contributed by atoms with Crippen LogP contribution in [0.15, 0.2) is 41.8 Å². The molecule has 0 bridgehead atoms. The van der Waals surface area contributed by atoms with Gasteiger partial charge in [0.2, 0.25) is 5.91 Å². The number of thiophene rings is 1. The summed E-state index contributed by atoms with van der Waals surface area (Å²) < 4.78 is 0. The lowest BCUT2D eigenvalue weighted by atomic mass is 10.1. The van der Waals surface area contributed by atoms with Gasteiger partial charge in [0.1, 0.15) is 0 Å². The van der Waals surface area contributed by atoms with Gasteiger partial charge in [0.25, 0.3) is 5.91 Å². The number of hydrogen-bond donors (Lipinski definition) is 2. The summed E-state index contributed by atoms with van der Waals surface area (Å²) in [5.41, 5.74) is 1.89. The molecule has 0 radical (unpaired) electrons. The summed E-state index contributed by atoms with van der Waals surface area (Å²) in [6, 6.07) is 11.6. The van der Waals surface area contributed by atoms with Gasteiger partial charge >= 0.3 is 0 Å². The van der Waals surface area contributed by atoms with Crippen molar-refractivity contribution >= 4 is 23.2 Å². The molecule has 2 amide bonds. The van der Waals surface area contributed by atoms with Crippen LogP contribution in [0.4, 0.5) is 0 Å². The fraction of sp³-hybridized carbons (Fsp3) is 0.200. The minimum atomic E-state index is -0.217. The van der Waals surface area contributed by atoms with Gasteiger partial charge < -0.3 is 10.6 Å². The Hall–Kier alpha value is -2.14. The first-order valence-corrected chi connectivity index (χ1v) is 7.28. The SMILES string of the molecule is CCNC(=O)CNC(=O)c1sccc1-c1ccccc1. The summed E-state index contributed by atoms with van der Waals surface area (Å²) in [4.78, 5) is 24.1. The van der Waals surface area contributed by atoms with E-state index in [-0.39, 0.29) is 18.4 Å². The lowest BCUT2D eigenvalue weighted by molar-refractivity contribution is -0.120. The normalized spacial score (nSPS) is 10.1. The molecule has 0 atom stereocenters.